The van der Waals surface area contributed by atoms with Gasteiger partial charge in [0.1, 0.15) is 11.3 Å². The van der Waals surface area contributed by atoms with Crippen molar-refractivity contribution in [3.63, 3.8) is 0 Å². The van der Waals surface area contributed by atoms with Crippen LogP contribution in [0.15, 0.2) is 54.6 Å². The van der Waals surface area contributed by atoms with Crippen LogP contribution in [0.5, 0.6) is 5.75 Å². The Bertz CT molecular complexity index is 619. The van der Waals surface area contributed by atoms with Crippen LogP contribution < -0.4 is 10.5 Å². The van der Waals surface area contributed by atoms with Crippen LogP contribution in [0, 0.1) is 11.3 Å². The molecule has 2 rings (SSSR count). The van der Waals surface area contributed by atoms with E-state index in [2.05, 4.69) is 13.0 Å². The number of benzene rings is 2. The van der Waals surface area contributed by atoms with E-state index in [9.17, 15) is 5.26 Å². The number of rotatable bonds is 6. The molecule has 0 spiro atoms. The van der Waals surface area contributed by atoms with Crippen LogP contribution in [-0.2, 0) is 12.0 Å². The van der Waals surface area contributed by atoms with E-state index in [1.54, 1.807) is 0 Å². The van der Waals surface area contributed by atoms with Crippen LogP contribution >= 0.6 is 0 Å². The molecule has 3 nitrogen and oxygen atoms in total. The largest absolute Gasteiger partial charge is 0.493 e. The van der Waals surface area contributed by atoms with Gasteiger partial charge in [-0.2, -0.15) is 5.26 Å². The number of nitrogens with two attached hydrogens (primary N) is 1. The normalized spacial score (nSPS) is 13.2. The maximum Gasteiger partial charge on any atom is 0.133 e. The summed E-state index contributed by atoms with van der Waals surface area (Å²) in [5, 5.41) is 9.41. The molecule has 0 aliphatic rings. The van der Waals surface area contributed by atoms with Crippen molar-refractivity contribution in [3.8, 4) is 11.8 Å². The lowest BCUT2D eigenvalue weighted by Gasteiger charge is -2.22. The summed E-state index contributed by atoms with van der Waals surface area (Å²) in [5.74, 6) is 0.869. The molecular formula is C18H20N2O. The molecule has 0 bridgehead atoms. The summed E-state index contributed by atoms with van der Waals surface area (Å²) in [6.07, 6.45) is 1.37. The average molecular weight is 280 g/mol. The summed E-state index contributed by atoms with van der Waals surface area (Å²) in [6.45, 7) is 2.50. The topological polar surface area (TPSA) is 59.0 Å². The van der Waals surface area contributed by atoms with E-state index >= 15 is 0 Å². The zero-order valence-corrected chi connectivity index (χ0v) is 12.3. The van der Waals surface area contributed by atoms with Gasteiger partial charge in [0.15, 0.2) is 0 Å². The molecule has 0 saturated heterocycles. The van der Waals surface area contributed by atoms with Crippen molar-refractivity contribution in [1.29, 1.82) is 5.26 Å². The third-order valence-electron chi connectivity index (χ3n) is 3.60. The summed E-state index contributed by atoms with van der Waals surface area (Å²) in [7, 11) is 0. The summed E-state index contributed by atoms with van der Waals surface area (Å²) >= 11 is 0. The lowest BCUT2D eigenvalue weighted by molar-refractivity contribution is 0.279. The molecule has 108 valence electrons. The minimum atomic E-state index is -1.01. The molecule has 0 aliphatic heterocycles. The Morgan fingerprint density at radius 3 is 2.43 bits per heavy atom. The van der Waals surface area contributed by atoms with Crippen LogP contribution in [0.2, 0.25) is 0 Å². The third-order valence-corrected chi connectivity index (χ3v) is 3.60. The number of nitrogens with zero attached hydrogens (tertiary/aromatic N) is 1. The Morgan fingerprint density at radius 2 is 1.76 bits per heavy atom. The van der Waals surface area contributed by atoms with Crippen molar-refractivity contribution in [2.24, 2.45) is 5.73 Å². The zero-order valence-electron chi connectivity index (χ0n) is 12.3. The quantitative estimate of drug-likeness (QED) is 0.882. The SMILES string of the molecule is CCc1ccccc1OCCC(N)(C#N)c1ccccc1. The van der Waals surface area contributed by atoms with Gasteiger partial charge in [0.2, 0.25) is 0 Å². The maximum atomic E-state index is 9.41. The zero-order chi connectivity index (χ0) is 15.1. The van der Waals surface area contributed by atoms with Gasteiger partial charge in [-0.25, -0.2) is 0 Å². The van der Waals surface area contributed by atoms with Crippen molar-refractivity contribution in [3.05, 3.63) is 65.7 Å². The Labute approximate surface area is 126 Å². The number of aryl methyl sites for hydroxylation is 1. The summed E-state index contributed by atoms with van der Waals surface area (Å²) in [5.41, 5.74) is 7.18. The third kappa shape index (κ3) is 3.62. The number of hydrogen-bond acceptors (Lipinski definition) is 3. The molecule has 0 aliphatic carbocycles. The minimum absolute atomic E-state index is 0.413. The van der Waals surface area contributed by atoms with E-state index in [1.165, 1.54) is 0 Å². The molecular weight excluding hydrogens is 260 g/mol. The van der Waals surface area contributed by atoms with E-state index < -0.39 is 5.54 Å². The van der Waals surface area contributed by atoms with Crippen molar-refractivity contribution >= 4 is 0 Å². The second kappa shape index (κ2) is 6.92. The molecule has 0 radical (unpaired) electrons. The van der Waals surface area contributed by atoms with Gasteiger partial charge in [-0.05, 0) is 23.6 Å². The van der Waals surface area contributed by atoms with E-state index in [4.69, 9.17) is 10.5 Å². The second-order valence-electron chi connectivity index (χ2n) is 5.01. The maximum absolute atomic E-state index is 9.41. The summed E-state index contributed by atoms with van der Waals surface area (Å²) < 4.78 is 5.82. The number of hydrogen-bond donors (Lipinski definition) is 1. The van der Waals surface area contributed by atoms with Gasteiger partial charge in [0.25, 0.3) is 0 Å². The first-order valence-corrected chi connectivity index (χ1v) is 7.16. The first kappa shape index (κ1) is 15.1. The van der Waals surface area contributed by atoms with Gasteiger partial charge in [-0.15, -0.1) is 0 Å². The lowest BCUT2D eigenvalue weighted by atomic mass is 9.89. The van der Waals surface area contributed by atoms with Crippen molar-refractivity contribution in [2.75, 3.05) is 6.61 Å². The first-order valence-electron chi connectivity index (χ1n) is 7.16. The van der Waals surface area contributed by atoms with Crippen molar-refractivity contribution in [1.82, 2.24) is 0 Å². The predicted octanol–water partition coefficient (Wildman–Crippen LogP) is 3.40. The Kier molecular flexibility index (Phi) is 4.97. The Balaban J connectivity index is 2.03. The van der Waals surface area contributed by atoms with Gasteiger partial charge in [-0.3, -0.25) is 0 Å². The van der Waals surface area contributed by atoms with Gasteiger partial charge < -0.3 is 10.5 Å². The second-order valence-corrected chi connectivity index (χ2v) is 5.01. The first-order chi connectivity index (χ1) is 10.2. The predicted molar refractivity (Wildman–Crippen MR) is 83.9 cm³/mol. The number of para-hydroxylation sites is 1. The lowest BCUT2D eigenvalue weighted by Crippen LogP contribution is -2.36. The van der Waals surface area contributed by atoms with Crippen molar-refractivity contribution < 1.29 is 4.74 Å². The summed E-state index contributed by atoms with van der Waals surface area (Å²) in [6, 6.07) is 19.6. The monoisotopic (exact) mass is 280 g/mol. The highest BCUT2D eigenvalue weighted by molar-refractivity contribution is 5.33. The highest BCUT2D eigenvalue weighted by Crippen LogP contribution is 2.23. The Morgan fingerprint density at radius 1 is 1.10 bits per heavy atom. The van der Waals surface area contributed by atoms with Gasteiger partial charge in [-0.1, -0.05) is 55.5 Å². The molecule has 0 amide bonds. The van der Waals surface area contributed by atoms with Crippen LogP contribution in [0.1, 0.15) is 24.5 Å². The van der Waals surface area contributed by atoms with Gasteiger partial charge in [0.05, 0.1) is 12.7 Å². The van der Waals surface area contributed by atoms with Crippen LogP contribution in [0.25, 0.3) is 0 Å². The van der Waals surface area contributed by atoms with Crippen LogP contribution in [0.3, 0.4) is 0 Å². The molecule has 1 atom stereocenters. The highest BCUT2D eigenvalue weighted by atomic mass is 16.5. The fraction of sp³-hybridized carbons (Fsp3) is 0.278. The minimum Gasteiger partial charge on any atom is -0.493 e. The standard InChI is InChI=1S/C18H20N2O/c1-2-15-8-6-7-11-17(15)21-13-12-18(20,14-19)16-9-4-3-5-10-16/h3-11H,2,12-13,20H2,1H3. The van der Waals surface area contributed by atoms with Gasteiger partial charge in [0, 0.05) is 6.42 Å². The van der Waals surface area contributed by atoms with Crippen molar-refractivity contribution in [2.45, 2.75) is 25.3 Å². The van der Waals surface area contributed by atoms with Gasteiger partial charge >= 0.3 is 0 Å². The number of nitriles is 1. The molecule has 0 fully saturated rings. The molecule has 3 heteroatoms. The summed E-state index contributed by atoms with van der Waals surface area (Å²) in [4.78, 5) is 0. The molecule has 0 saturated carbocycles. The molecule has 2 aromatic rings. The van der Waals surface area contributed by atoms with E-state index in [-0.39, 0.29) is 0 Å². The molecule has 2 N–H and O–H groups in total. The molecule has 21 heavy (non-hydrogen) atoms. The average Bonchev–Trinajstić information content (AvgIpc) is 2.56. The Hall–Kier alpha value is -2.31. The molecule has 2 aromatic carbocycles. The smallest absolute Gasteiger partial charge is 0.133 e. The van der Waals surface area contributed by atoms with E-state index in [0.29, 0.717) is 13.0 Å². The fourth-order valence-electron chi connectivity index (χ4n) is 2.26. The highest BCUT2D eigenvalue weighted by Gasteiger charge is 2.26. The fourth-order valence-corrected chi connectivity index (χ4v) is 2.26. The molecule has 0 heterocycles. The van der Waals surface area contributed by atoms with E-state index in [0.717, 1.165) is 23.3 Å². The van der Waals surface area contributed by atoms with E-state index in [1.807, 2.05) is 54.6 Å². The molecule has 0 aromatic heterocycles. The van der Waals surface area contributed by atoms with Crippen LogP contribution in [0.4, 0.5) is 0 Å². The number of ether oxygens (including phenoxy) is 1. The van der Waals surface area contributed by atoms with Crippen LogP contribution in [-0.4, -0.2) is 6.61 Å². The molecule has 1 unspecified atom stereocenters.